The third kappa shape index (κ3) is 8.03. The number of likely N-dealkylation sites (tertiary alicyclic amines) is 1. The average molecular weight is 461 g/mol. The highest BCUT2D eigenvalue weighted by atomic mass is 16.5. The van der Waals surface area contributed by atoms with Crippen molar-refractivity contribution in [1.82, 2.24) is 15.5 Å². The number of ether oxygens (including phenoxy) is 1. The van der Waals surface area contributed by atoms with Gasteiger partial charge in [-0.2, -0.15) is 0 Å². The molecule has 33 heavy (non-hydrogen) atoms. The Morgan fingerprint density at radius 1 is 1.09 bits per heavy atom. The van der Waals surface area contributed by atoms with Crippen molar-refractivity contribution in [3.8, 4) is 5.75 Å². The number of nitrogens with one attached hydrogen (secondary N) is 2. The highest BCUT2D eigenvalue weighted by Gasteiger charge is 2.32. The molecule has 1 saturated heterocycles. The molecule has 0 aliphatic carbocycles. The van der Waals surface area contributed by atoms with Gasteiger partial charge in [0, 0.05) is 25.6 Å². The molecule has 1 aliphatic rings. The molecular weight excluding hydrogens is 420 g/mol. The first-order valence-electron chi connectivity index (χ1n) is 11.9. The standard InChI is InChI=1S/C25H40N4O4/c1-16(2)14-21(26)25(32)29-12-10-19(11-13-29)23(30)28-22(17(3)4)24(31)27-15-18-6-8-20(33-5)9-7-18/h6-9,16-17,19,21-22H,10-15,26H2,1-5H3,(H,27,31)(H,28,30)/t21-,22-/m0/s1. The minimum absolute atomic E-state index is 0.0412. The average Bonchev–Trinajstić information content (AvgIpc) is 2.80. The van der Waals surface area contributed by atoms with Gasteiger partial charge in [0.2, 0.25) is 17.7 Å². The molecule has 0 saturated carbocycles. The number of nitrogens with two attached hydrogens (primary N) is 1. The molecule has 1 aromatic carbocycles. The smallest absolute Gasteiger partial charge is 0.243 e. The van der Waals surface area contributed by atoms with Crippen LogP contribution in [0.3, 0.4) is 0 Å². The fourth-order valence-electron chi connectivity index (χ4n) is 4.05. The van der Waals surface area contributed by atoms with Crippen molar-refractivity contribution in [2.24, 2.45) is 23.5 Å². The van der Waals surface area contributed by atoms with E-state index in [-0.39, 0.29) is 29.6 Å². The summed E-state index contributed by atoms with van der Waals surface area (Å²) < 4.78 is 5.15. The van der Waals surface area contributed by atoms with Crippen LogP contribution in [-0.4, -0.2) is 54.9 Å². The number of benzene rings is 1. The second kappa shape index (κ2) is 12.6. The molecule has 0 bridgehead atoms. The van der Waals surface area contributed by atoms with Crippen LogP contribution in [-0.2, 0) is 20.9 Å². The van der Waals surface area contributed by atoms with E-state index >= 15 is 0 Å². The largest absolute Gasteiger partial charge is 0.497 e. The van der Waals surface area contributed by atoms with Crippen LogP contribution >= 0.6 is 0 Å². The number of hydrogen-bond acceptors (Lipinski definition) is 5. The number of nitrogens with zero attached hydrogens (tertiary/aromatic N) is 1. The molecule has 184 valence electrons. The maximum absolute atomic E-state index is 12.9. The summed E-state index contributed by atoms with van der Waals surface area (Å²) in [6, 6.07) is 6.37. The second-order valence-electron chi connectivity index (χ2n) is 9.63. The van der Waals surface area contributed by atoms with Crippen LogP contribution < -0.4 is 21.1 Å². The van der Waals surface area contributed by atoms with Crippen molar-refractivity contribution in [3.05, 3.63) is 29.8 Å². The topological polar surface area (TPSA) is 114 Å². The number of carbonyl (C=O) groups is 3. The van der Waals surface area contributed by atoms with Crippen molar-refractivity contribution in [2.45, 2.75) is 65.6 Å². The molecule has 2 rings (SSSR count). The van der Waals surface area contributed by atoms with Crippen molar-refractivity contribution in [2.75, 3.05) is 20.2 Å². The third-order valence-electron chi connectivity index (χ3n) is 6.09. The van der Waals surface area contributed by atoms with Crippen LogP contribution in [0.5, 0.6) is 5.75 Å². The summed E-state index contributed by atoms with van der Waals surface area (Å²) in [6.07, 6.45) is 1.80. The number of piperidine rings is 1. The first-order valence-corrected chi connectivity index (χ1v) is 11.9. The SMILES string of the molecule is COc1ccc(CNC(=O)[C@@H](NC(=O)C2CCN(C(=O)[C@@H](N)CC(C)C)CC2)C(C)C)cc1. The number of hydrogen-bond donors (Lipinski definition) is 3. The van der Waals surface area contributed by atoms with Crippen LogP contribution in [0.25, 0.3) is 0 Å². The summed E-state index contributed by atoms with van der Waals surface area (Å²) in [7, 11) is 1.61. The van der Waals surface area contributed by atoms with Gasteiger partial charge in [-0.3, -0.25) is 14.4 Å². The lowest BCUT2D eigenvalue weighted by Crippen LogP contribution is -2.53. The van der Waals surface area contributed by atoms with Gasteiger partial charge in [0.15, 0.2) is 0 Å². The van der Waals surface area contributed by atoms with E-state index in [0.29, 0.717) is 44.8 Å². The van der Waals surface area contributed by atoms with E-state index < -0.39 is 12.1 Å². The summed E-state index contributed by atoms with van der Waals surface area (Å²) in [5.74, 6) is 0.462. The van der Waals surface area contributed by atoms with Gasteiger partial charge in [-0.25, -0.2) is 0 Å². The van der Waals surface area contributed by atoms with Gasteiger partial charge in [-0.1, -0.05) is 39.8 Å². The molecule has 8 nitrogen and oxygen atoms in total. The summed E-state index contributed by atoms with van der Waals surface area (Å²) in [5, 5.41) is 5.85. The molecule has 2 atom stereocenters. The number of carbonyl (C=O) groups excluding carboxylic acids is 3. The van der Waals surface area contributed by atoms with Gasteiger partial charge in [-0.05, 0) is 48.8 Å². The first kappa shape index (κ1) is 26.6. The summed E-state index contributed by atoms with van der Waals surface area (Å²) in [5.41, 5.74) is 6.99. The molecular formula is C25H40N4O4. The Morgan fingerprint density at radius 2 is 1.70 bits per heavy atom. The molecule has 0 unspecified atom stereocenters. The van der Waals surface area contributed by atoms with E-state index in [1.807, 2.05) is 52.0 Å². The van der Waals surface area contributed by atoms with E-state index in [1.165, 1.54) is 0 Å². The lowest BCUT2D eigenvalue weighted by atomic mass is 9.93. The Morgan fingerprint density at radius 3 is 2.21 bits per heavy atom. The third-order valence-corrected chi connectivity index (χ3v) is 6.09. The lowest BCUT2D eigenvalue weighted by Gasteiger charge is -2.34. The number of amides is 3. The Hall–Kier alpha value is -2.61. The Kier molecular flexibility index (Phi) is 10.2. The minimum Gasteiger partial charge on any atom is -0.497 e. The van der Waals surface area contributed by atoms with Gasteiger partial charge >= 0.3 is 0 Å². The maximum atomic E-state index is 12.9. The zero-order chi connectivity index (χ0) is 24.5. The molecule has 1 aromatic rings. The minimum atomic E-state index is -0.616. The normalized spacial score (nSPS) is 16.4. The van der Waals surface area contributed by atoms with Crippen LogP contribution in [0.15, 0.2) is 24.3 Å². The maximum Gasteiger partial charge on any atom is 0.243 e. The monoisotopic (exact) mass is 460 g/mol. The Balaban J connectivity index is 1.85. The van der Waals surface area contributed by atoms with Crippen molar-refractivity contribution in [1.29, 1.82) is 0 Å². The molecule has 0 aromatic heterocycles. The van der Waals surface area contributed by atoms with Gasteiger partial charge in [0.25, 0.3) is 0 Å². The van der Waals surface area contributed by atoms with E-state index in [2.05, 4.69) is 10.6 Å². The van der Waals surface area contributed by atoms with Gasteiger partial charge in [0.05, 0.1) is 13.2 Å². The van der Waals surface area contributed by atoms with Crippen molar-refractivity contribution < 1.29 is 19.1 Å². The molecule has 0 spiro atoms. The molecule has 4 N–H and O–H groups in total. The quantitative estimate of drug-likeness (QED) is 0.495. The fourth-order valence-corrected chi connectivity index (χ4v) is 4.05. The highest BCUT2D eigenvalue weighted by molar-refractivity contribution is 5.89. The summed E-state index contributed by atoms with van der Waals surface area (Å²) >= 11 is 0. The van der Waals surface area contributed by atoms with E-state index in [9.17, 15) is 14.4 Å². The van der Waals surface area contributed by atoms with Gasteiger partial charge < -0.3 is 26.0 Å². The predicted molar refractivity (Wildman–Crippen MR) is 128 cm³/mol. The van der Waals surface area contributed by atoms with Crippen LogP contribution in [0.1, 0.15) is 52.5 Å². The van der Waals surface area contributed by atoms with Crippen LogP contribution in [0.2, 0.25) is 0 Å². The molecule has 1 heterocycles. The molecule has 1 aliphatic heterocycles. The molecule has 3 amide bonds. The zero-order valence-corrected chi connectivity index (χ0v) is 20.6. The summed E-state index contributed by atoms with van der Waals surface area (Å²) in [4.78, 5) is 40.0. The van der Waals surface area contributed by atoms with Crippen LogP contribution in [0, 0.1) is 17.8 Å². The van der Waals surface area contributed by atoms with E-state index in [1.54, 1.807) is 12.0 Å². The van der Waals surface area contributed by atoms with Crippen molar-refractivity contribution >= 4 is 17.7 Å². The first-order chi connectivity index (χ1) is 15.6. The molecule has 8 heteroatoms. The Bertz CT molecular complexity index is 786. The Labute approximate surface area is 197 Å². The second-order valence-corrected chi connectivity index (χ2v) is 9.63. The van der Waals surface area contributed by atoms with Crippen molar-refractivity contribution in [3.63, 3.8) is 0 Å². The van der Waals surface area contributed by atoms with E-state index in [0.717, 1.165) is 11.3 Å². The fraction of sp³-hybridized carbons (Fsp3) is 0.640. The van der Waals surface area contributed by atoms with Gasteiger partial charge in [-0.15, -0.1) is 0 Å². The van der Waals surface area contributed by atoms with E-state index in [4.69, 9.17) is 10.5 Å². The van der Waals surface area contributed by atoms with Crippen LogP contribution in [0.4, 0.5) is 0 Å². The lowest BCUT2D eigenvalue weighted by molar-refractivity contribution is -0.138. The molecule has 0 radical (unpaired) electrons. The molecule has 1 fully saturated rings. The predicted octanol–water partition coefficient (Wildman–Crippen LogP) is 2.06. The number of methoxy groups -OCH3 is 1. The number of rotatable bonds is 10. The highest BCUT2D eigenvalue weighted by Crippen LogP contribution is 2.20. The van der Waals surface area contributed by atoms with Gasteiger partial charge in [0.1, 0.15) is 11.8 Å². The summed E-state index contributed by atoms with van der Waals surface area (Å²) in [6.45, 7) is 9.31. The zero-order valence-electron chi connectivity index (χ0n) is 20.6.